The molecule has 0 spiro atoms. The Balaban J connectivity index is 1.62. The van der Waals surface area contributed by atoms with Crippen LogP contribution in [0.25, 0.3) is 5.76 Å². The van der Waals surface area contributed by atoms with Crippen LogP contribution in [-0.4, -0.2) is 34.9 Å². The average Bonchev–Trinajstić information content (AvgIpc) is 3.35. The van der Waals surface area contributed by atoms with Crippen LogP contribution < -0.4 is 9.47 Å². The number of carbonyl (C=O) groups excluding carboxylic acids is 2. The molecule has 6 nitrogen and oxygen atoms in total. The molecule has 0 saturated carbocycles. The second-order valence-electron chi connectivity index (χ2n) is 8.64. The Morgan fingerprint density at radius 1 is 1.06 bits per heavy atom. The van der Waals surface area contributed by atoms with Gasteiger partial charge in [0, 0.05) is 18.5 Å². The minimum atomic E-state index is -0.727. The van der Waals surface area contributed by atoms with E-state index in [-0.39, 0.29) is 24.0 Å². The van der Waals surface area contributed by atoms with Gasteiger partial charge >= 0.3 is 0 Å². The van der Waals surface area contributed by atoms with Crippen molar-refractivity contribution in [2.24, 2.45) is 0 Å². The van der Waals surface area contributed by atoms with Crippen molar-refractivity contribution in [3.05, 3.63) is 101 Å². The van der Waals surface area contributed by atoms with E-state index in [1.54, 1.807) is 31.4 Å². The summed E-state index contributed by atoms with van der Waals surface area (Å²) in [4.78, 5) is 28.0. The van der Waals surface area contributed by atoms with Crippen molar-refractivity contribution < 1.29 is 24.2 Å². The van der Waals surface area contributed by atoms with Gasteiger partial charge in [-0.15, -0.1) is 0 Å². The number of Topliss-reactive ketones (excluding diaryl/α,β-unsaturated/α-hetero) is 1. The first kappa shape index (κ1) is 21.8. The van der Waals surface area contributed by atoms with Crippen LogP contribution in [0.5, 0.6) is 11.5 Å². The lowest BCUT2D eigenvalue weighted by molar-refractivity contribution is -0.140. The van der Waals surface area contributed by atoms with Crippen LogP contribution in [0.3, 0.4) is 0 Å². The fourth-order valence-corrected chi connectivity index (χ4v) is 4.68. The molecular formula is C28H25NO5. The third-order valence-electron chi connectivity index (χ3n) is 6.34. The van der Waals surface area contributed by atoms with Gasteiger partial charge in [0.1, 0.15) is 23.4 Å². The van der Waals surface area contributed by atoms with E-state index < -0.39 is 17.7 Å². The van der Waals surface area contributed by atoms with Gasteiger partial charge in [-0.2, -0.15) is 0 Å². The number of amides is 1. The zero-order chi connectivity index (χ0) is 23.8. The molecule has 2 aliphatic heterocycles. The van der Waals surface area contributed by atoms with E-state index in [2.05, 4.69) is 0 Å². The summed E-state index contributed by atoms with van der Waals surface area (Å²) in [5.41, 5.74) is 3.16. The fraction of sp³-hybridized carbons (Fsp3) is 0.214. The summed E-state index contributed by atoms with van der Waals surface area (Å²) in [5, 5.41) is 11.3. The summed E-state index contributed by atoms with van der Waals surface area (Å²) in [6, 6.07) is 21.3. The molecule has 5 rings (SSSR count). The first-order valence-electron chi connectivity index (χ1n) is 11.2. The van der Waals surface area contributed by atoms with Crippen molar-refractivity contribution in [3.8, 4) is 11.5 Å². The van der Waals surface area contributed by atoms with Crippen LogP contribution in [0.2, 0.25) is 0 Å². The number of ether oxygens (including phenoxy) is 2. The number of carbonyl (C=O) groups is 2. The second kappa shape index (κ2) is 8.71. The predicted octanol–water partition coefficient (Wildman–Crippen LogP) is 4.64. The lowest BCUT2D eigenvalue weighted by Crippen LogP contribution is -2.29. The standard InChI is InChI=1S/C28H25NO5/c1-17-14-21-15-20(10-13-23(21)34-17)26(30)24-25(19-8-11-22(33-2)12-9-19)29(28(32)27(24)31)16-18-6-4-3-5-7-18/h3-13,15,17,25,30H,14,16H2,1-2H3/t17-,25-/m0/s1. The van der Waals surface area contributed by atoms with Gasteiger partial charge in [-0.05, 0) is 53.9 Å². The van der Waals surface area contributed by atoms with Crippen molar-refractivity contribution in [1.82, 2.24) is 4.90 Å². The Labute approximate surface area is 198 Å². The van der Waals surface area contributed by atoms with Crippen molar-refractivity contribution >= 4 is 17.4 Å². The number of hydrogen-bond acceptors (Lipinski definition) is 5. The zero-order valence-electron chi connectivity index (χ0n) is 19.0. The van der Waals surface area contributed by atoms with Gasteiger partial charge in [0.05, 0.1) is 18.7 Å². The molecule has 2 atom stereocenters. The van der Waals surface area contributed by atoms with Crippen molar-refractivity contribution in [2.75, 3.05) is 7.11 Å². The number of benzene rings is 3. The van der Waals surface area contributed by atoms with Gasteiger partial charge < -0.3 is 19.5 Å². The first-order chi connectivity index (χ1) is 16.5. The Bertz CT molecular complexity index is 1280. The second-order valence-corrected chi connectivity index (χ2v) is 8.64. The monoisotopic (exact) mass is 455 g/mol. The molecule has 1 amide bonds. The Morgan fingerprint density at radius 2 is 1.79 bits per heavy atom. The number of methoxy groups -OCH3 is 1. The van der Waals surface area contributed by atoms with Crippen molar-refractivity contribution in [1.29, 1.82) is 0 Å². The number of nitrogens with zero attached hydrogens (tertiary/aromatic N) is 1. The smallest absolute Gasteiger partial charge is 0.295 e. The van der Waals surface area contributed by atoms with Crippen LogP contribution in [0.15, 0.2) is 78.4 Å². The number of hydrogen-bond donors (Lipinski definition) is 1. The third-order valence-corrected chi connectivity index (χ3v) is 6.34. The summed E-state index contributed by atoms with van der Waals surface area (Å²) < 4.78 is 11.0. The van der Waals surface area contributed by atoms with Crippen LogP contribution in [0.1, 0.15) is 35.2 Å². The highest BCUT2D eigenvalue weighted by Crippen LogP contribution is 2.41. The average molecular weight is 456 g/mol. The maximum Gasteiger partial charge on any atom is 0.295 e. The van der Waals surface area contributed by atoms with E-state index in [4.69, 9.17) is 9.47 Å². The number of aliphatic hydroxyl groups is 1. The minimum Gasteiger partial charge on any atom is -0.507 e. The van der Waals surface area contributed by atoms with E-state index in [9.17, 15) is 14.7 Å². The highest BCUT2D eigenvalue weighted by molar-refractivity contribution is 6.46. The van der Waals surface area contributed by atoms with Crippen LogP contribution in [0.4, 0.5) is 0 Å². The molecule has 0 unspecified atom stereocenters. The number of rotatable bonds is 5. The molecule has 34 heavy (non-hydrogen) atoms. The zero-order valence-corrected chi connectivity index (χ0v) is 19.0. The molecular weight excluding hydrogens is 430 g/mol. The molecule has 1 saturated heterocycles. The maximum atomic E-state index is 13.3. The van der Waals surface area contributed by atoms with Crippen LogP contribution in [-0.2, 0) is 22.6 Å². The van der Waals surface area contributed by atoms with E-state index in [1.165, 1.54) is 4.90 Å². The lowest BCUT2D eigenvalue weighted by Gasteiger charge is -2.25. The number of ketones is 1. The van der Waals surface area contributed by atoms with E-state index >= 15 is 0 Å². The molecule has 0 bridgehead atoms. The number of likely N-dealkylation sites (tertiary alicyclic amines) is 1. The highest BCUT2D eigenvalue weighted by Gasteiger charge is 2.46. The predicted molar refractivity (Wildman–Crippen MR) is 128 cm³/mol. The van der Waals surface area contributed by atoms with Crippen LogP contribution in [0, 0.1) is 0 Å². The Morgan fingerprint density at radius 3 is 2.50 bits per heavy atom. The maximum absolute atomic E-state index is 13.3. The molecule has 0 aliphatic carbocycles. The largest absolute Gasteiger partial charge is 0.507 e. The topological polar surface area (TPSA) is 76.1 Å². The minimum absolute atomic E-state index is 0.0585. The summed E-state index contributed by atoms with van der Waals surface area (Å²) >= 11 is 0. The fourth-order valence-electron chi connectivity index (χ4n) is 4.68. The van der Waals surface area contributed by atoms with Gasteiger partial charge in [-0.3, -0.25) is 9.59 Å². The molecule has 0 aromatic heterocycles. The van der Waals surface area contributed by atoms with E-state index in [0.717, 1.165) is 28.9 Å². The molecule has 3 aromatic rings. The van der Waals surface area contributed by atoms with Gasteiger partial charge in [0.2, 0.25) is 0 Å². The molecule has 2 aliphatic rings. The molecule has 172 valence electrons. The molecule has 1 N–H and O–H groups in total. The SMILES string of the molecule is COc1ccc([C@H]2C(=C(O)c3ccc4c(c3)C[C@H](C)O4)C(=O)C(=O)N2Cc2ccccc2)cc1. The molecule has 0 radical (unpaired) electrons. The number of aliphatic hydroxyl groups excluding tert-OH is 1. The van der Waals surface area contributed by atoms with Crippen LogP contribution >= 0.6 is 0 Å². The quantitative estimate of drug-likeness (QED) is 0.345. The van der Waals surface area contributed by atoms with E-state index in [1.807, 2.05) is 55.5 Å². The van der Waals surface area contributed by atoms with Gasteiger partial charge in [-0.1, -0.05) is 42.5 Å². The highest BCUT2D eigenvalue weighted by atomic mass is 16.5. The van der Waals surface area contributed by atoms with Gasteiger partial charge in [0.25, 0.3) is 11.7 Å². The lowest BCUT2D eigenvalue weighted by atomic mass is 9.94. The Kier molecular flexibility index (Phi) is 5.57. The van der Waals surface area contributed by atoms with Gasteiger partial charge in [-0.25, -0.2) is 0 Å². The first-order valence-corrected chi connectivity index (χ1v) is 11.2. The van der Waals surface area contributed by atoms with Crippen molar-refractivity contribution in [2.45, 2.75) is 32.0 Å². The molecule has 3 aromatic carbocycles. The Hall–Kier alpha value is -4.06. The number of fused-ring (bicyclic) bond motifs is 1. The van der Waals surface area contributed by atoms with Gasteiger partial charge in [0.15, 0.2) is 0 Å². The molecule has 6 heteroatoms. The normalized spacial score (nSPS) is 20.8. The molecule has 2 heterocycles. The van der Waals surface area contributed by atoms with E-state index in [0.29, 0.717) is 11.3 Å². The summed E-state index contributed by atoms with van der Waals surface area (Å²) in [6.45, 7) is 2.23. The summed E-state index contributed by atoms with van der Waals surface area (Å²) in [5.74, 6) is -0.0717. The molecule has 1 fully saturated rings. The van der Waals surface area contributed by atoms with Crippen molar-refractivity contribution in [3.63, 3.8) is 0 Å². The summed E-state index contributed by atoms with van der Waals surface area (Å²) in [7, 11) is 1.58. The third kappa shape index (κ3) is 3.81. The summed E-state index contributed by atoms with van der Waals surface area (Å²) in [6.07, 6.45) is 0.781.